The Labute approximate surface area is 181 Å². The lowest BCUT2D eigenvalue weighted by Crippen LogP contribution is -2.50. The van der Waals surface area contributed by atoms with Crippen LogP contribution >= 0.6 is 22.9 Å². The zero-order chi connectivity index (χ0) is 20.8. The molecule has 9 heteroatoms. The molecule has 0 bridgehead atoms. The molecule has 1 saturated heterocycles. The maximum Gasteiger partial charge on any atom is 0.149 e. The van der Waals surface area contributed by atoms with Gasteiger partial charge >= 0.3 is 0 Å². The monoisotopic (exact) mass is 457 g/mol. The highest BCUT2D eigenvalue weighted by Gasteiger charge is 2.45. The summed E-state index contributed by atoms with van der Waals surface area (Å²) in [5.41, 5.74) is 2.19. The summed E-state index contributed by atoms with van der Waals surface area (Å²) in [5.74, 6) is 0.511. The molecule has 2 aromatic heterocycles. The number of hydrogen-bond acceptors (Lipinski definition) is 6. The molecule has 2 unspecified atom stereocenters. The quantitative estimate of drug-likeness (QED) is 0.685. The second-order valence-corrected chi connectivity index (χ2v) is 12.5. The minimum atomic E-state index is -2.99. The Morgan fingerprint density at radius 1 is 1.41 bits per heavy atom. The van der Waals surface area contributed by atoms with Gasteiger partial charge in [0.1, 0.15) is 9.84 Å². The van der Waals surface area contributed by atoms with Gasteiger partial charge in [0, 0.05) is 47.9 Å². The normalized spacial score (nSPS) is 28.0. The largest absolute Gasteiger partial charge is 0.369 e. The molecule has 2 aromatic rings. The molecule has 6 nitrogen and oxygen atoms in total. The summed E-state index contributed by atoms with van der Waals surface area (Å²) in [5, 5.41) is 4.32. The number of piperidine rings is 1. The molecule has 4 heterocycles. The number of aryl methyl sites for hydroxylation is 1. The highest BCUT2D eigenvalue weighted by Crippen LogP contribution is 2.50. The lowest BCUT2D eigenvalue weighted by atomic mass is 9.78. The summed E-state index contributed by atoms with van der Waals surface area (Å²) in [4.78, 5) is 3.84. The van der Waals surface area contributed by atoms with E-state index in [9.17, 15) is 8.42 Å². The Balaban J connectivity index is 1.43. The maximum absolute atomic E-state index is 11.4. The van der Waals surface area contributed by atoms with Gasteiger partial charge in [0.15, 0.2) is 0 Å². The average molecular weight is 458 g/mol. The van der Waals surface area contributed by atoms with Crippen LogP contribution in [0.2, 0.25) is 4.34 Å². The van der Waals surface area contributed by atoms with Gasteiger partial charge in [-0.05, 0) is 31.4 Å². The van der Waals surface area contributed by atoms with Crippen molar-refractivity contribution in [2.45, 2.75) is 57.3 Å². The van der Waals surface area contributed by atoms with Crippen LogP contribution in [-0.2, 0) is 33.3 Å². The van der Waals surface area contributed by atoms with Crippen LogP contribution in [0.4, 0.5) is 0 Å². The highest BCUT2D eigenvalue weighted by atomic mass is 35.5. The van der Waals surface area contributed by atoms with E-state index in [2.05, 4.69) is 29.9 Å². The van der Waals surface area contributed by atoms with Crippen molar-refractivity contribution in [1.29, 1.82) is 0 Å². The number of halogens is 1. The molecule has 1 fully saturated rings. The molecular formula is C20H28ClN3O3S2. The van der Waals surface area contributed by atoms with Crippen molar-refractivity contribution in [3.05, 3.63) is 38.8 Å². The van der Waals surface area contributed by atoms with Gasteiger partial charge in [-0.3, -0.25) is 9.58 Å². The van der Waals surface area contributed by atoms with Gasteiger partial charge in [0.05, 0.1) is 35.0 Å². The van der Waals surface area contributed by atoms with Crippen molar-refractivity contribution in [1.82, 2.24) is 14.7 Å². The molecule has 0 aromatic carbocycles. The third kappa shape index (κ3) is 4.56. The third-order valence-corrected chi connectivity index (χ3v) is 8.51. The van der Waals surface area contributed by atoms with Crippen LogP contribution in [-0.4, -0.2) is 54.3 Å². The minimum absolute atomic E-state index is 0.109. The fourth-order valence-corrected chi connectivity index (χ4v) is 6.39. The van der Waals surface area contributed by atoms with Crippen LogP contribution in [0.3, 0.4) is 0 Å². The zero-order valence-corrected chi connectivity index (χ0v) is 19.5. The first kappa shape index (κ1) is 21.3. The summed E-state index contributed by atoms with van der Waals surface area (Å²) in [6, 6.07) is 2.48. The van der Waals surface area contributed by atoms with Gasteiger partial charge in [-0.15, -0.1) is 11.3 Å². The second-order valence-electron chi connectivity index (χ2n) is 8.55. The van der Waals surface area contributed by atoms with Gasteiger partial charge in [-0.1, -0.05) is 18.5 Å². The molecule has 0 radical (unpaired) electrons. The second kappa shape index (κ2) is 7.96. The Bertz CT molecular complexity index is 987. The van der Waals surface area contributed by atoms with Crippen molar-refractivity contribution in [3.63, 3.8) is 0 Å². The molecule has 29 heavy (non-hydrogen) atoms. The molecule has 2 aliphatic heterocycles. The van der Waals surface area contributed by atoms with Gasteiger partial charge < -0.3 is 4.74 Å². The van der Waals surface area contributed by atoms with Crippen molar-refractivity contribution in [2.24, 2.45) is 0 Å². The summed E-state index contributed by atoms with van der Waals surface area (Å²) in [6.45, 7) is 7.36. The predicted molar refractivity (Wildman–Crippen MR) is 116 cm³/mol. The molecule has 0 amide bonds. The van der Waals surface area contributed by atoms with Crippen LogP contribution in [0.1, 0.15) is 48.6 Å². The SMILES string of the molecule is CC1COC2(CCN(Cc3cnn(CCS(C)(=O)=O)c3)[C@@H](C)C2)c2cc(Cl)sc21. The van der Waals surface area contributed by atoms with Crippen LogP contribution in [0.15, 0.2) is 18.5 Å². The van der Waals surface area contributed by atoms with Crippen molar-refractivity contribution in [2.75, 3.05) is 25.2 Å². The first-order valence-corrected chi connectivity index (χ1v) is 13.3. The van der Waals surface area contributed by atoms with E-state index in [4.69, 9.17) is 16.3 Å². The van der Waals surface area contributed by atoms with E-state index in [1.807, 2.05) is 12.4 Å². The fraction of sp³-hybridized carbons (Fsp3) is 0.650. The molecule has 1 spiro atoms. The molecular weight excluding hydrogens is 430 g/mol. The molecule has 0 saturated carbocycles. The van der Waals surface area contributed by atoms with Gasteiger partial charge in [-0.25, -0.2) is 8.42 Å². The van der Waals surface area contributed by atoms with E-state index in [1.54, 1.807) is 16.0 Å². The number of aromatic nitrogens is 2. The number of likely N-dealkylation sites (tertiary alicyclic amines) is 1. The molecule has 4 rings (SSSR count). The smallest absolute Gasteiger partial charge is 0.149 e. The zero-order valence-electron chi connectivity index (χ0n) is 17.1. The minimum Gasteiger partial charge on any atom is -0.369 e. The predicted octanol–water partition coefficient (Wildman–Crippen LogP) is 3.66. The van der Waals surface area contributed by atoms with Gasteiger partial charge in [-0.2, -0.15) is 5.10 Å². The van der Waals surface area contributed by atoms with Crippen molar-refractivity contribution < 1.29 is 13.2 Å². The Hall–Kier alpha value is -0.930. The Morgan fingerprint density at radius 3 is 2.93 bits per heavy atom. The maximum atomic E-state index is 11.4. The van der Waals surface area contributed by atoms with Crippen LogP contribution < -0.4 is 0 Å². The van der Waals surface area contributed by atoms with Crippen LogP contribution in [0.25, 0.3) is 0 Å². The van der Waals surface area contributed by atoms with Crippen molar-refractivity contribution >= 4 is 32.8 Å². The Morgan fingerprint density at radius 2 is 2.21 bits per heavy atom. The summed E-state index contributed by atoms with van der Waals surface area (Å²) >= 11 is 8.05. The van der Waals surface area contributed by atoms with E-state index in [1.165, 1.54) is 16.7 Å². The highest BCUT2D eigenvalue weighted by molar-refractivity contribution is 7.90. The topological polar surface area (TPSA) is 64.4 Å². The molecule has 0 aliphatic carbocycles. The van der Waals surface area contributed by atoms with Crippen molar-refractivity contribution in [3.8, 4) is 0 Å². The number of thiophene rings is 1. The number of nitrogens with zero attached hydrogens (tertiary/aromatic N) is 3. The van der Waals surface area contributed by atoms with E-state index < -0.39 is 9.84 Å². The lowest BCUT2D eigenvalue weighted by Gasteiger charge is -2.48. The summed E-state index contributed by atoms with van der Waals surface area (Å²) in [6.07, 6.45) is 6.95. The fourth-order valence-electron chi connectivity index (χ4n) is 4.50. The van der Waals surface area contributed by atoms with Crippen LogP contribution in [0.5, 0.6) is 0 Å². The Kier molecular flexibility index (Phi) is 5.85. The van der Waals surface area contributed by atoms with E-state index in [0.717, 1.165) is 42.4 Å². The first-order chi connectivity index (χ1) is 13.7. The first-order valence-electron chi connectivity index (χ1n) is 10.0. The van der Waals surface area contributed by atoms with Crippen LogP contribution in [0, 0.1) is 0 Å². The van der Waals surface area contributed by atoms with Gasteiger partial charge in [0.2, 0.25) is 0 Å². The number of fused-ring (bicyclic) bond motifs is 2. The molecule has 2 aliphatic rings. The summed E-state index contributed by atoms with van der Waals surface area (Å²) < 4.78 is 31.7. The summed E-state index contributed by atoms with van der Waals surface area (Å²) in [7, 11) is -2.99. The van der Waals surface area contributed by atoms with E-state index in [0.29, 0.717) is 18.5 Å². The van der Waals surface area contributed by atoms with E-state index in [-0.39, 0.29) is 11.4 Å². The van der Waals surface area contributed by atoms with Gasteiger partial charge in [0.25, 0.3) is 0 Å². The molecule has 160 valence electrons. The average Bonchev–Trinajstić information content (AvgIpc) is 3.26. The number of hydrogen-bond donors (Lipinski definition) is 0. The number of ether oxygens (including phenoxy) is 1. The van der Waals surface area contributed by atoms with E-state index >= 15 is 0 Å². The molecule has 3 atom stereocenters. The molecule has 0 N–H and O–H groups in total. The lowest BCUT2D eigenvalue weighted by molar-refractivity contribution is -0.117. The standard InChI is InChI=1S/C20H28ClN3O3S2/c1-14-13-27-20(17-8-18(21)28-19(14)17)4-5-23(15(2)9-20)11-16-10-22-24(12-16)6-7-29(3,25)26/h8,10,12,14-15H,4-7,9,11,13H2,1-3H3/t14?,15-,20?/m0/s1. The third-order valence-electron chi connectivity index (χ3n) is 6.09. The number of rotatable bonds is 5. The number of sulfone groups is 1.